The van der Waals surface area contributed by atoms with E-state index < -0.39 is 0 Å². The van der Waals surface area contributed by atoms with Gasteiger partial charge in [0, 0.05) is 38.9 Å². The third-order valence-electron chi connectivity index (χ3n) is 4.74. The SMILES string of the molecule is CCn1ccc(C(=O)N(CCN2CCOCC2)c2nc3ccc(F)cc3s2)n1. The maximum atomic E-state index is 13.6. The first kappa shape index (κ1) is 19.0. The van der Waals surface area contributed by atoms with Gasteiger partial charge in [0.15, 0.2) is 10.8 Å². The summed E-state index contributed by atoms with van der Waals surface area (Å²) in [7, 11) is 0. The molecule has 28 heavy (non-hydrogen) atoms. The van der Waals surface area contributed by atoms with Crippen LogP contribution >= 0.6 is 11.3 Å². The van der Waals surface area contributed by atoms with Crippen LogP contribution in [0.4, 0.5) is 9.52 Å². The number of rotatable bonds is 6. The van der Waals surface area contributed by atoms with Gasteiger partial charge in [-0.3, -0.25) is 19.3 Å². The molecule has 1 fully saturated rings. The lowest BCUT2D eigenvalue weighted by molar-refractivity contribution is 0.0391. The Labute approximate surface area is 166 Å². The summed E-state index contributed by atoms with van der Waals surface area (Å²) in [5, 5.41) is 4.91. The Morgan fingerprint density at radius 1 is 1.32 bits per heavy atom. The predicted molar refractivity (Wildman–Crippen MR) is 106 cm³/mol. The maximum absolute atomic E-state index is 13.6. The van der Waals surface area contributed by atoms with Gasteiger partial charge in [0.05, 0.1) is 23.4 Å². The van der Waals surface area contributed by atoms with Crippen LogP contribution < -0.4 is 4.90 Å². The average Bonchev–Trinajstić information content (AvgIpc) is 3.35. The zero-order chi connectivity index (χ0) is 19.5. The second-order valence-electron chi connectivity index (χ2n) is 6.58. The van der Waals surface area contributed by atoms with E-state index in [2.05, 4.69) is 15.0 Å². The standard InChI is InChI=1S/C19H22FN5O2S/c1-2-24-6-5-16(22-24)18(26)25(8-7-23-9-11-27-12-10-23)19-21-15-4-3-14(20)13-17(15)28-19/h3-6,13H,2,7-12H2,1H3. The topological polar surface area (TPSA) is 63.5 Å². The lowest BCUT2D eigenvalue weighted by Crippen LogP contribution is -2.43. The fourth-order valence-corrected chi connectivity index (χ4v) is 4.16. The summed E-state index contributed by atoms with van der Waals surface area (Å²) in [6.07, 6.45) is 1.79. The van der Waals surface area contributed by atoms with E-state index in [9.17, 15) is 9.18 Å². The molecule has 0 radical (unpaired) electrons. The van der Waals surface area contributed by atoms with Gasteiger partial charge in [-0.25, -0.2) is 9.37 Å². The van der Waals surface area contributed by atoms with Gasteiger partial charge >= 0.3 is 0 Å². The summed E-state index contributed by atoms with van der Waals surface area (Å²) in [6.45, 7) is 6.97. The Balaban J connectivity index is 1.61. The highest BCUT2D eigenvalue weighted by atomic mass is 32.1. The van der Waals surface area contributed by atoms with E-state index in [0.29, 0.717) is 49.2 Å². The van der Waals surface area contributed by atoms with Gasteiger partial charge in [-0.1, -0.05) is 11.3 Å². The molecule has 0 N–H and O–H groups in total. The molecule has 1 aromatic carbocycles. The second-order valence-corrected chi connectivity index (χ2v) is 7.59. The monoisotopic (exact) mass is 403 g/mol. The van der Waals surface area contributed by atoms with Gasteiger partial charge in [-0.05, 0) is 31.2 Å². The molecular formula is C19H22FN5O2S. The van der Waals surface area contributed by atoms with Crippen LogP contribution in [0.5, 0.6) is 0 Å². The molecule has 0 unspecified atom stereocenters. The van der Waals surface area contributed by atoms with Crippen molar-refractivity contribution in [2.45, 2.75) is 13.5 Å². The number of hydrogen-bond acceptors (Lipinski definition) is 6. The fraction of sp³-hybridized carbons (Fsp3) is 0.421. The molecule has 9 heteroatoms. The van der Waals surface area contributed by atoms with Crippen molar-refractivity contribution in [3.63, 3.8) is 0 Å². The van der Waals surface area contributed by atoms with Crippen LogP contribution in [0.1, 0.15) is 17.4 Å². The van der Waals surface area contributed by atoms with E-state index in [1.54, 1.807) is 27.9 Å². The van der Waals surface area contributed by atoms with E-state index in [-0.39, 0.29) is 11.7 Å². The molecule has 7 nitrogen and oxygen atoms in total. The first-order chi connectivity index (χ1) is 13.6. The zero-order valence-electron chi connectivity index (χ0n) is 15.7. The summed E-state index contributed by atoms with van der Waals surface area (Å²) < 4.78 is 21.4. The molecule has 3 heterocycles. The van der Waals surface area contributed by atoms with Crippen LogP contribution in [0.25, 0.3) is 10.2 Å². The number of aryl methyl sites for hydroxylation is 1. The Kier molecular flexibility index (Phi) is 5.65. The molecule has 3 aromatic rings. The number of ether oxygens (including phenoxy) is 1. The molecule has 0 atom stereocenters. The van der Waals surface area contributed by atoms with E-state index >= 15 is 0 Å². The lowest BCUT2D eigenvalue weighted by Gasteiger charge is -2.29. The predicted octanol–water partition coefficient (Wildman–Crippen LogP) is 2.63. The van der Waals surface area contributed by atoms with Crippen molar-refractivity contribution >= 4 is 32.6 Å². The van der Waals surface area contributed by atoms with Crippen molar-refractivity contribution in [3.8, 4) is 0 Å². The van der Waals surface area contributed by atoms with Gasteiger partial charge in [-0.15, -0.1) is 0 Å². The first-order valence-electron chi connectivity index (χ1n) is 9.35. The molecule has 0 spiro atoms. The largest absolute Gasteiger partial charge is 0.379 e. The minimum Gasteiger partial charge on any atom is -0.379 e. The molecule has 0 saturated carbocycles. The van der Waals surface area contributed by atoms with Crippen molar-refractivity contribution in [2.75, 3.05) is 44.3 Å². The molecule has 148 valence electrons. The number of carbonyl (C=O) groups is 1. The molecule has 0 aliphatic carbocycles. The zero-order valence-corrected chi connectivity index (χ0v) is 16.5. The molecule has 1 saturated heterocycles. The molecule has 0 bridgehead atoms. The number of amides is 1. The third-order valence-corrected chi connectivity index (χ3v) is 5.78. The number of aromatic nitrogens is 3. The van der Waals surface area contributed by atoms with Crippen LogP contribution in [-0.4, -0.2) is 65.0 Å². The molecule has 1 aliphatic rings. The van der Waals surface area contributed by atoms with Gasteiger partial charge < -0.3 is 4.74 Å². The van der Waals surface area contributed by atoms with Crippen LogP contribution in [-0.2, 0) is 11.3 Å². The smallest absolute Gasteiger partial charge is 0.280 e. The summed E-state index contributed by atoms with van der Waals surface area (Å²) in [6, 6.07) is 6.20. The van der Waals surface area contributed by atoms with Gasteiger partial charge in [0.2, 0.25) is 0 Å². The number of nitrogens with zero attached hydrogens (tertiary/aromatic N) is 5. The number of thiazole rings is 1. The number of halogens is 1. The highest BCUT2D eigenvalue weighted by Crippen LogP contribution is 2.30. The van der Waals surface area contributed by atoms with Crippen LogP contribution in [0.2, 0.25) is 0 Å². The van der Waals surface area contributed by atoms with E-state index in [1.165, 1.54) is 23.5 Å². The Hall–Kier alpha value is -2.36. The minimum atomic E-state index is -0.310. The van der Waals surface area contributed by atoms with Gasteiger partial charge in [0.1, 0.15) is 5.82 Å². The van der Waals surface area contributed by atoms with Crippen molar-refractivity contribution < 1.29 is 13.9 Å². The third kappa shape index (κ3) is 4.06. The van der Waals surface area contributed by atoms with Crippen molar-refractivity contribution in [1.82, 2.24) is 19.7 Å². The van der Waals surface area contributed by atoms with Crippen LogP contribution in [0.3, 0.4) is 0 Å². The highest BCUT2D eigenvalue weighted by molar-refractivity contribution is 7.22. The van der Waals surface area contributed by atoms with Crippen molar-refractivity contribution in [1.29, 1.82) is 0 Å². The number of hydrogen-bond donors (Lipinski definition) is 0. The summed E-state index contributed by atoms with van der Waals surface area (Å²) >= 11 is 1.32. The van der Waals surface area contributed by atoms with E-state index in [0.717, 1.165) is 17.8 Å². The minimum absolute atomic E-state index is 0.194. The van der Waals surface area contributed by atoms with Crippen LogP contribution in [0.15, 0.2) is 30.5 Å². The first-order valence-corrected chi connectivity index (χ1v) is 10.2. The van der Waals surface area contributed by atoms with Crippen LogP contribution in [0, 0.1) is 5.82 Å². The summed E-state index contributed by atoms with van der Waals surface area (Å²) in [5.74, 6) is -0.504. The lowest BCUT2D eigenvalue weighted by atomic mass is 10.3. The maximum Gasteiger partial charge on any atom is 0.280 e. The molecule has 1 amide bonds. The van der Waals surface area contributed by atoms with Gasteiger partial charge in [-0.2, -0.15) is 5.10 Å². The number of fused-ring (bicyclic) bond motifs is 1. The molecular weight excluding hydrogens is 381 g/mol. The Morgan fingerprint density at radius 3 is 2.89 bits per heavy atom. The second kappa shape index (κ2) is 8.34. The molecule has 4 rings (SSSR count). The number of morpholine rings is 1. The van der Waals surface area contributed by atoms with Crippen molar-refractivity contribution in [2.24, 2.45) is 0 Å². The fourth-order valence-electron chi connectivity index (χ4n) is 3.14. The number of carbonyl (C=O) groups excluding carboxylic acids is 1. The normalized spacial score (nSPS) is 15.2. The average molecular weight is 403 g/mol. The summed E-state index contributed by atoms with van der Waals surface area (Å²) in [5.41, 5.74) is 1.07. The Bertz CT molecular complexity index is 966. The quantitative estimate of drug-likeness (QED) is 0.633. The van der Waals surface area contributed by atoms with E-state index in [1.807, 2.05) is 6.92 Å². The van der Waals surface area contributed by atoms with E-state index in [4.69, 9.17) is 4.74 Å². The van der Waals surface area contributed by atoms with Crippen molar-refractivity contribution in [3.05, 3.63) is 42.0 Å². The number of benzene rings is 1. The number of anilines is 1. The summed E-state index contributed by atoms with van der Waals surface area (Å²) in [4.78, 5) is 21.7. The molecule has 2 aromatic heterocycles. The molecule has 1 aliphatic heterocycles. The van der Waals surface area contributed by atoms with Gasteiger partial charge in [0.25, 0.3) is 5.91 Å². The highest BCUT2D eigenvalue weighted by Gasteiger charge is 2.24. The Morgan fingerprint density at radius 2 is 2.14 bits per heavy atom.